The van der Waals surface area contributed by atoms with Crippen LogP contribution in [0.1, 0.15) is 24.6 Å². The average molecular weight is 239 g/mol. The summed E-state index contributed by atoms with van der Waals surface area (Å²) < 4.78 is 0. The van der Waals surface area contributed by atoms with Gasteiger partial charge in [0.2, 0.25) is 0 Å². The molecule has 1 unspecified atom stereocenters. The Balaban J connectivity index is 1.85. The Kier molecular flexibility index (Phi) is 3.30. The Morgan fingerprint density at radius 2 is 2.44 bits per heavy atom. The molecule has 16 heavy (non-hydrogen) atoms. The molecular weight excluding hydrogens is 222 g/mol. The minimum absolute atomic E-state index is 0.313. The number of carboxylic acid groups (broad SMARTS) is 1. The highest BCUT2D eigenvalue weighted by Gasteiger charge is 2.46. The molecule has 2 rings (SSSR count). The first-order valence-electron chi connectivity index (χ1n) is 5.64. The van der Waals surface area contributed by atoms with Gasteiger partial charge >= 0.3 is 5.97 Å². The third-order valence-electron chi connectivity index (χ3n) is 3.28. The maximum atomic E-state index is 11.2. The summed E-state index contributed by atoms with van der Waals surface area (Å²) in [6.07, 6.45) is 2.98. The van der Waals surface area contributed by atoms with Crippen molar-refractivity contribution in [2.45, 2.75) is 31.7 Å². The minimum atomic E-state index is -0.725. The molecule has 0 amide bonds. The normalized spacial score (nSPS) is 19.3. The molecule has 1 aromatic heterocycles. The van der Waals surface area contributed by atoms with E-state index in [1.165, 1.54) is 4.88 Å². The lowest BCUT2D eigenvalue weighted by molar-refractivity contribution is -0.145. The molecular formula is C12H17NO2S. The summed E-state index contributed by atoms with van der Waals surface area (Å²) in [5.41, 5.74) is -0.725. The summed E-state index contributed by atoms with van der Waals surface area (Å²) >= 11 is 1.72. The topological polar surface area (TPSA) is 49.3 Å². The molecule has 0 bridgehead atoms. The van der Waals surface area contributed by atoms with Crippen molar-refractivity contribution in [1.82, 2.24) is 5.32 Å². The van der Waals surface area contributed by atoms with Gasteiger partial charge in [0.1, 0.15) is 5.54 Å². The number of hydrogen-bond donors (Lipinski definition) is 2. The molecule has 1 aliphatic rings. The van der Waals surface area contributed by atoms with Crippen LogP contribution >= 0.6 is 11.3 Å². The van der Waals surface area contributed by atoms with Gasteiger partial charge in [-0.15, -0.1) is 11.3 Å². The fraction of sp³-hybridized carbons (Fsp3) is 0.583. The third-order valence-corrected chi connectivity index (χ3v) is 4.22. The van der Waals surface area contributed by atoms with Crippen molar-refractivity contribution >= 4 is 17.3 Å². The number of carboxylic acids is 1. The zero-order chi connectivity index (χ0) is 11.6. The van der Waals surface area contributed by atoms with Gasteiger partial charge in [-0.3, -0.25) is 4.79 Å². The van der Waals surface area contributed by atoms with Crippen LogP contribution < -0.4 is 5.32 Å². The monoisotopic (exact) mass is 239 g/mol. The molecule has 0 aliphatic heterocycles. The van der Waals surface area contributed by atoms with Crippen molar-refractivity contribution in [3.8, 4) is 0 Å². The van der Waals surface area contributed by atoms with E-state index >= 15 is 0 Å². The SMILES string of the molecule is CC(NCCc1cccs1)(C(=O)O)C1CC1. The molecule has 1 fully saturated rings. The first kappa shape index (κ1) is 11.6. The summed E-state index contributed by atoms with van der Waals surface area (Å²) in [4.78, 5) is 12.5. The summed E-state index contributed by atoms with van der Waals surface area (Å²) in [5.74, 6) is -0.408. The number of nitrogens with one attached hydrogen (secondary N) is 1. The van der Waals surface area contributed by atoms with Gasteiger partial charge in [0.05, 0.1) is 0 Å². The van der Waals surface area contributed by atoms with Crippen molar-refractivity contribution in [3.63, 3.8) is 0 Å². The Morgan fingerprint density at radius 3 is 2.94 bits per heavy atom. The second kappa shape index (κ2) is 4.55. The van der Waals surface area contributed by atoms with Crippen LogP contribution in [0.15, 0.2) is 17.5 Å². The summed E-state index contributed by atoms with van der Waals surface area (Å²) in [5, 5.41) is 14.5. The van der Waals surface area contributed by atoms with Gasteiger partial charge < -0.3 is 10.4 Å². The van der Waals surface area contributed by atoms with Crippen molar-refractivity contribution in [1.29, 1.82) is 0 Å². The number of aliphatic carboxylic acids is 1. The summed E-state index contributed by atoms with van der Waals surface area (Å²) in [7, 11) is 0. The number of hydrogen-bond acceptors (Lipinski definition) is 3. The van der Waals surface area contributed by atoms with Crippen molar-refractivity contribution in [2.75, 3.05) is 6.54 Å². The first-order chi connectivity index (χ1) is 7.63. The van der Waals surface area contributed by atoms with E-state index in [4.69, 9.17) is 0 Å². The van der Waals surface area contributed by atoms with Gasteiger partial charge in [0.25, 0.3) is 0 Å². The largest absolute Gasteiger partial charge is 0.480 e. The summed E-state index contributed by atoms with van der Waals surface area (Å²) in [6.45, 7) is 2.54. The molecule has 1 heterocycles. The van der Waals surface area contributed by atoms with Crippen LogP contribution in [0.3, 0.4) is 0 Å². The lowest BCUT2D eigenvalue weighted by atomic mass is 9.96. The number of carbonyl (C=O) groups is 1. The molecule has 0 radical (unpaired) electrons. The Hall–Kier alpha value is -0.870. The maximum absolute atomic E-state index is 11.2. The molecule has 2 N–H and O–H groups in total. The Morgan fingerprint density at radius 1 is 1.69 bits per heavy atom. The van der Waals surface area contributed by atoms with Crippen LogP contribution in [0.4, 0.5) is 0 Å². The molecule has 1 aromatic rings. The minimum Gasteiger partial charge on any atom is -0.480 e. The van der Waals surface area contributed by atoms with Crippen LogP contribution in [-0.4, -0.2) is 23.2 Å². The van der Waals surface area contributed by atoms with E-state index in [-0.39, 0.29) is 0 Å². The van der Waals surface area contributed by atoms with Crippen LogP contribution in [0.25, 0.3) is 0 Å². The third kappa shape index (κ3) is 2.44. The van der Waals surface area contributed by atoms with Gasteiger partial charge in [-0.05, 0) is 43.6 Å². The second-order valence-electron chi connectivity index (χ2n) is 4.54. The van der Waals surface area contributed by atoms with Crippen LogP contribution in [0.2, 0.25) is 0 Å². The van der Waals surface area contributed by atoms with Crippen molar-refractivity contribution in [2.24, 2.45) is 5.92 Å². The van der Waals surface area contributed by atoms with Crippen molar-refractivity contribution in [3.05, 3.63) is 22.4 Å². The van der Waals surface area contributed by atoms with Gasteiger partial charge in [-0.1, -0.05) is 6.07 Å². The fourth-order valence-corrected chi connectivity index (χ4v) is 2.66. The van der Waals surface area contributed by atoms with Gasteiger partial charge in [0.15, 0.2) is 0 Å². The number of rotatable bonds is 6. The Labute approximate surface area is 99.5 Å². The fourth-order valence-electron chi connectivity index (χ4n) is 1.96. The zero-order valence-corrected chi connectivity index (χ0v) is 10.2. The smallest absolute Gasteiger partial charge is 0.323 e. The lowest BCUT2D eigenvalue weighted by Crippen LogP contribution is -2.52. The highest BCUT2D eigenvalue weighted by molar-refractivity contribution is 7.09. The highest BCUT2D eigenvalue weighted by Crippen LogP contribution is 2.39. The standard InChI is InChI=1S/C12H17NO2S/c1-12(11(14)15,9-4-5-9)13-7-6-10-3-2-8-16-10/h2-3,8-9,13H,4-7H2,1H3,(H,14,15). The molecule has 0 spiro atoms. The average Bonchev–Trinajstić information content (AvgIpc) is 2.98. The van der Waals surface area contributed by atoms with E-state index in [0.29, 0.717) is 5.92 Å². The first-order valence-corrected chi connectivity index (χ1v) is 6.51. The van der Waals surface area contributed by atoms with Gasteiger partial charge in [-0.25, -0.2) is 0 Å². The van der Waals surface area contributed by atoms with Crippen LogP contribution in [-0.2, 0) is 11.2 Å². The quantitative estimate of drug-likeness (QED) is 0.799. The van der Waals surface area contributed by atoms with E-state index in [1.807, 2.05) is 11.4 Å². The van der Waals surface area contributed by atoms with Crippen LogP contribution in [0, 0.1) is 5.92 Å². The number of thiophene rings is 1. The molecule has 1 saturated carbocycles. The molecule has 0 saturated heterocycles. The molecule has 4 heteroatoms. The van der Waals surface area contributed by atoms with E-state index in [9.17, 15) is 9.90 Å². The molecule has 88 valence electrons. The predicted octanol–water partition coefficient (Wildman–Crippen LogP) is 2.13. The summed E-state index contributed by atoms with van der Waals surface area (Å²) in [6, 6.07) is 4.11. The van der Waals surface area contributed by atoms with E-state index in [0.717, 1.165) is 25.8 Å². The van der Waals surface area contributed by atoms with E-state index < -0.39 is 11.5 Å². The molecule has 1 atom stereocenters. The molecule has 0 aromatic carbocycles. The lowest BCUT2D eigenvalue weighted by Gasteiger charge is -2.26. The molecule has 1 aliphatic carbocycles. The second-order valence-corrected chi connectivity index (χ2v) is 5.57. The Bertz CT molecular complexity index is 359. The van der Waals surface area contributed by atoms with Crippen LogP contribution in [0.5, 0.6) is 0 Å². The highest BCUT2D eigenvalue weighted by atomic mass is 32.1. The van der Waals surface area contributed by atoms with E-state index in [2.05, 4.69) is 11.4 Å². The predicted molar refractivity (Wildman–Crippen MR) is 64.8 cm³/mol. The zero-order valence-electron chi connectivity index (χ0n) is 9.40. The maximum Gasteiger partial charge on any atom is 0.323 e. The molecule has 3 nitrogen and oxygen atoms in total. The van der Waals surface area contributed by atoms with Gasteiger partial charge in [0, 0.05) is 11.4 Å². The van der Waals surface area contributed by atoms with Gasteiger partial charge in [-0.2, -0.15) is 0 Å². The van der Waals surface area contributed by atoms with Crippen molar-refractivity contribution < 1.29 is 9.90 Å². The van der Waals surface area contributed by atoms with E-state index in [1.54, 1.807) is 18.3 Å².